The molecule has 5 nitrogen and oxygen atoms in total. The van der Waals surface area contributed by atoms with E-state index in [1.165, 1.54) is 56.2 Å². The number of carbonyl (C=O) groups excluding carboxylic acids is 1. The van der Waals surface area contributed by atoms with Crippen LogP contribution in [0.1, 0.15) is 42.5 Å². The number of likely N-dealkylation sites (tertiary alicyclic amines) is 1. The minimum absolute atomic E-state index is 0.0211. The predicted octanol–water partition coefficient (Wildman–Crippen LogP) is 2.59. The maximum absolute atomic E-state index is 12.7. The molecule has 1 aliphatic carbocycles. The van der Waals surface area contributed by atoms with E-state index in [4.69, 9.17) is 0 Å². The number of carbonyl (C=O) groups is 1. The monoisotopic (exact) mass is 350 g/mol. The summed E-state index contributed by atoms with van der Waals surface area (Å²) in [6.07, 6.45) is 6.25. The first-order valence-corrected chi connectivity index (χ1v) is 10.2. The number of amides is 1. The summed E-state index contributed by atoms with van der Waals surface area (Å²) in [5.74, 6) is 1.45. The van der Waals surface area contributed by atoms with Gasteiger partial charge in [0.05, 0.1) is 4.90 Å². The molecule has 0 N–H and O–H groups in total. The van der Waals surface area contributed by atoms with Crippen molar-refractivity contribution in [2.75, 3.05) is 27.2 Å². The van der Waals surface area contributed by atoms with Gasteiger partial charge in [-0.2, -0.15) is 0 Å². The zero-order valence-electron chi connectivity index (χ0n) is 14.4. The predicted molar refractivity (Wildman–Crippen MR) is 93.3 cm³/mol. The van der Waals surface area contributed by atoms with Crippen LogP contribution in [-0.2, 0) is 10.0 Å². The van der Waals surface area contributed by atoms with Crippen LogP contribution >= 0.6 is 0 Å². The van der Waals surface area contributed by atoms with Crippen molar-refractivity contribution < 1.29 is 13.2 Å². The van der Waals surface area contributed by atoms with Gasteiger partial charge in [0.25, 0.3) is 5.91 Å². The van der Waals surface area contributed by atoms with E-state index in [1.54, 1.807) is 12.1 Å². The molecule has 1 saturated heterocycles. The number of rotatable bonds is 3. The Balaban J connectivity index is 1.71. The Bertz CT molecular complexity index is 697. The first-order valence-electron chi connectivity index (χ1n) is 8.71. The van der Waals surface area contributed by atoms with E-state index >= 15 is 0 Å². The first-order chi connectivity index (χ1) is 11.4. The smallest absolute Gasteiger partial charge is 0.253 e. The molecule has 1 saturated carbocycles. The van der Waals surface area contributed by atoms with E-state index in [0.717, 1.165) is 25.4 Å². The molecule has 2 aliphatic rings. The lowest BCUT2D eigenvalue weighted by molar-refractivity contribution is 0.0521. The summed E-state index contributed by atoms with van der Waals surface area (Å²) in [6.45, 7) is 1.67. The summed E-state index contributed by atoms with van der Waals surface area (Å²) < 4.78 is 25.4. The molecule has 1 aromatic carbocycles. The molecule has 24 heavy (non-hydrogen) atoms. The fourth-order valence-electron chi connectivity index (χ4n) is 3.95. The Morgan fingerprint density at radius 1 is 1.04 bits per heavy atom. The van der Waals surface area contributed by atoms with Crippen molar-refractivity contribution in [2.24, 2.45) is 11.8 Å². The van der Waals surface area contributed by atoms with Crippen molar-refractivity contribution in [3.63, 3.8) is 0 Å². The maximum Gasteiger partial charge on any atom is 0.253 e. The van der Waals surface area contributed by atoms with Crippen LogP contribution in [0.4, 0.5) is 0 Å². The third kappa shape index (κ3) is 3.35. The van der Waals surface area contributed by atoms with E-state index in [1.807, 2.05) is 4.90 Å². The van der Waals surface area contributed by atoms with Gasteiger partial charge in [-0.3, -0.25) is 4.79 Å². The summed E-state index contributed by atoms with van der Waals surface area (Å²) in [5, 5.41) is 0. The molecular weight excluding hydrogens is 324 g/mol. The number of fused-ring (bicyclic) bond motifs is 1. The Morgan fingerprint density at radius 3 is 2.29 bits per heavy atom. The van der Waals surface area contributed by atoms with E-state index in [2.05, 4.69) is 0 Å². The van der Waals surface area contributed by atoms with Crippen molar-refractivity contribution in [3.05, 3.63) is 29.8 Å². The maximum atomic E-state index is 12.7. The molecule has 0 unspecified atom stereocenters. The molecule has 3 rings (SSSR count). The van der Waals surface area contributed by atoms with Crippen LogP contribution in [0.2, 0.25) is 0 Å². The topological polar surface area (TPSA) is 57.7 Å². The van der Waals surface area contributed by atoms with Crippen molar-refractivity contribution in [2.45, 2.75) is 37.0 Å². The zero-order valence-corrected chi connectivity index (χ0v) is 15.3. The van der Waals surface area contributed by atoms with E-state index in [0.29, 0.717) is 11.5 Å². The molecular formula is C18H26N2O3S. The fraction of sp³-hybridized carbons (Fsp3) is 0.611. The highest BCUT2D eigenvalue weighted by Crippen LogP contribution is 2.36. The Morgan fingerprint density at radius 2 is 1.67 bits per heavy atom. The van der Waals surface area contributed by atoms with Gasteiger partial charge in [-0.1, -0.05) is 19.3 Å². The van der Waals surface area contributed by atoms with E-state index in [-0.39, 0.29) is 10.8 Å². The second-order valence-corrected chi connectivity index (χ2v) is 9.31. The van der Waals surface area contributed by atoms with Crippen LogP contribution in [0.3, 0.4) is 0 Å². The Labute approximate surface area is 144 Å². The molecule has 2 fully saturated rings. The number of sulfonamides is 1. The number of benzene rings is 1. The third-order valence-electron chi connectivity index (χ3n) is 5.46. The molecule has 0 radical (unpaired) electrons. The molecule has 0 spiro atoms. The lowest BCUT2D eigenvalue weighted by Crippen LogP contribution is -2.44. The first kappa shape index (κ1) is 17.4. The van der Waals surface area contributed by atoms with Crippen molar-refractivity contribution >= 4 is 15.9 Å². The largest absolute Gasteiger partial charge is 0.338 e. The second-order valence-electron chi connectivity index (χ2n) is 7.16. The van der Waals surface area contributed by atoms with Crippen LogP contribution in [-0.4, -0.2) is 50.7 Å². The highest BCUT2D eigenvalue weighted by molar-refractivity contribution is 7.89. The van der Waals surface area contributed by atoms with E-state index < -0.39 is 10.0 Å². The van der Waals surface area contributed by atoms with Crippen LogP contribution in [0, 0.1) is 11.8 Å². The van der Waals surface area contributed by atoms with Gasteiger partial charge in [-0.05, 0) is 48.9 Å². The normalized spacial score (nSPS) is 24.7. The Kier molecular flexibility index (Phi) is 4.97. The molecule has 0 aromatic heterocycles. The van der Waals surface area contributed by atoms with Gasteiger partial charge in [-0.15, -0.1) is 0 Å². The molecule has 132 valence electrons. The fourth-order valence-corrected chi connectivity index (χ4v) is 4.85. The molecule has 0 bridgehead atoms. The average molecular weight is 350 g/mol. The van der Waals surface area contributed by atoms with Gasteiger partial charge >= 0.3 is 0 Å². The van der Waals surface area contributed by atoms with Crippen molar-refractivity contribution in [1.29, 1.82) is 0 Å². The number of hydrogen-bond donors (Lipinski definition) is 0. The van der Waals surface area contributed by atoms with Crippen LogP contribution < -0.4 is 0 Å². The highest BCUT2D eigenvalue weighted by Gasteiger charge is 2.33. The van der Waals surface area contributed by atoms with Crippen LogP contribution in [0.25, 0.3) is 0 Å². The summed E-state index contributed by atoms with van der Waals surface area (Å²) in [6, 6.07) is 6.31. The lowest BCUT2D eigenvalue weighted by Gasteiger charge is -2.41. The van der Waals surface area contributed by atoms with Crippen LogP contribution in [0.15, 0.2) is 29.2 Å². The summed E-state index contributed by atoms with van der Waals surface area (Å²) >= 11 is 0. The third-order valence-corrected chi connectivity index (χ3v) is 7.29. The van der Waals surface area contributed by atoms with Gasteiger partial charge in [-0.25, -0.2) is 12.7 Å². The molecule has 6 heteroatoms. The quantitative estimate of drug-likeness (QED) is 0.842. The lowest BCUT2D eigenvalue weighted by atomic mass is 9.75. The van der Waals surface area contributed by atoms with E-state index in [9.17, 15) is 13.2 Å². The van der Waals surface area contributed by atoms with Crippen molar-refractivity contribution in [1.82, 2.24) is 9.21 Å². The summed E-state index contributed by atoms with van der Waals surface area (Å²) in [7, 11) is -0.446. The molecule has 1 heterocycles. The average Bonchev–Trinajstić information content (AvgIpc) is 2.60. The minimum atomic E-state index is -3.45. The second kappa shape index (κ2) is 6.84. The number of piperidine rings is 1. The van der Waals surface area contributed by atoms with Gasteiger partial charge in [0, 0.05) is 32.7 Å². The standard InChI is InChI=1S/C18H26N2O3S/c1-19(2)24(22,23)17-9-7-15(8-10-17)18(21)20-12-11-14-5-3-4-6-16(14)13-20/h7-10,14,16H,3-6,11-13H2,1-2H3/t14-,16+/m0/s1. The molecule has 1 aliphatic heterocycles. The molecule has 1 aromatic rings. The van der Waals surface area contributed by atoms with Gasteiger partial charge in [0.1, 0.15) is 0 Å². The molecule has 1 amide bonds. The van der Waals surface area contributed by atoms with Crippen LogP contribution in [0.5, 0.6) is 0 Å². The van der Waals surface area contributed by atoms with Crippen molar-refractivity contribution in [3.8, 4) is 0 Å². The Hall–Kier alpha value is -1.40. The summed E-state index contributed by atoms with van der Waals surface area (Å²) in [5.41, 5.74) is 0.571. The van der Waals surface area contributed by atoms with Gasteiger partial charge in [0.2, 0.25) is 10.0 Å². The minimum Gasteiger partial charge on any atom is -0.338 e. The van der Waals surface area contributed by atoms with Gasteiger partial charge < -0.3 is 4.90 Å². The SMILES string of the molecule is CN(C)S(=O)(=O)c1ccc(C(=O)N2CC[C@@H]3CCCC[C@@H]3C2)cc1. The summed E-state index contributed by atoms with van der Waals surface area (Å²) in [4.78, 5) is 14.9. The zero-order chi connectivity index (χ0) is 17.3. The molecule has 2 atom stereocenters. The highest BCUT2D eigenvalue weighted by atomic mass is 32.2. The number of nitrogens with zero attached hydrogens (tertiary/aromatic N) is 2. The number of hydrogen-bond acceptors (Lipinski definition) is 3. The van der Waals surface area contributed by atoms with Gasteiger partial charge in [0.15, 0.2) is 0 Å².